The van der Waals surface area contributed by atoms with E-state index in [0.717, 1.165) is 0 Å². The zero-order valence-corrected chi connectivity index (χ0v) is 9.53. The van der Waals surface area contributed by atoms with Crippen LogP contribution in [-0.4, -0.2) is 25.8 Å². The van der Waals surface area contributed by atoms with Gasteiger partial charge in [-0.1, -0.05) is 11.6 Å². The van der Waals surface area contributed by atoms with Gasteiger partial charge in [-0.3, -0.25) is 10.1 Å². The monoisotopic (exact) mass is 267 g/mol. The lowest BCUT2D eigenvalue weighted by atomic mass is 10.3. The maximum atomic E-state index is 10.7. The Morgan fingerprint density at radius 2 is 2.17 bits per heavy atom. The molecule has 1 aromatic carbocycles. The summed E-state index contributed by atoms with van der Waals surface area (Å²) in [5, 5.41) is 23.4. The van der Waals surface area contributed by atoms with Crippen LogP contribution in [0.1, 0.15) is 10.5 Å². The average Bonchev–Trinajstić information content (AvgIpc) is 2.78. The Hall–Kier alpha value is -2.41. The highest BCUT2D eigenvalue weighted by molar-refractivity contribution is 6.32. The minimum absolute atomic E-state index is 0.151. The Balaban J connectivity index is 2.51. The van der Waals surface area contributed by atoms with E-state index >= 15 is 0 Å². The van der Waals surface area contributed by atoms with E-state index in [0.29, 0.717) is 0 Å². The molecule has 0 amide bonds. The number of carbonyl (C=O) groups is 1. The number of nitro benzene ring substituents is 1. The number of hydrogen-bond acceptors (Lipinski definition) is 4. The fourth-order valence-electron chi connectivity index (χ4n) is 1.36. The Labute approximate surface area is 105 Å². The number of halogens is 1. The summed E-state index contributed by atoms with van der Waals surface area (Å²) in [4.78, 5) is 20.8. The molecule has 0 bridgehead atoms. The van der Waals surface area contributed by atoms with Gasteiger partial charge in [0.05, 0.1) is 15.6 Å². The summed E-state index contributed by atoms with van der Waals surface area (Å²) in [7, 11) is 0. The third-order valence-electron chi connectivity index (χ3n) is 2.20. The number of non-ortho nitro benzene ring substituents is 1. The molecule has 7 nitrogen and oxygen atoms in total. The SMILES string of the molecule is O=C(O)c1ccn(-c2cc([N+](=O)[O-])ccc2Cl)n1. The molecule has 0 saturated carbocycles. The number of hydrogen-bond donors (Lipinski definition) is 1. The van der Waals surface area contributed by atoms with Gasteiger partial charge in [0.2, 0.25) is 0 Å². The van der Waals surface area contributed by atoms with E-state index in [1.807, 2.05) is 0 Å². The Kier molecular flexibility index (Phi) is 2.99. The van der Waals surface area contributed by atoms with Gasteiger partial charge in [-0.25, -0.2) is 9.48 Å². The molecule has 8 heteroatoms. The van der Waals surface area contributed by atoms with Crippen LogP contribution in [0.25, 0.3) is 5.69 Å². The molecule has 2 rings (SSSR count). The van der Waals surface area contributed by atoms with E-state index in [1.54, 1.807) is 0 Å². The second-order valence-corrected chi connectivity index (χ2v) is 3.75. The normalized spacial score (nSPS) is 10.3. The van der Waals surface area contributed by atoms with Crippen molar-refractivity contribution in [3.63, 3.8) is 0 Å². The molecule has 92 valence electrons. The van der Waals surface area contributed by atoms with Crippen molar-refractivity contribution < 1.29 is 14.8 Å². The predicted molar refractivity (Wildman–Crippen MR) is 62.2 cm³/mol. The lowest BCUT2D eigenvalue weighted by molar-refractivity contribution is -0.384. The first-order chi connectivity index (χ1) is 8.49. The summed E-state index contributed by atoms with van der Waals surface area (Å²) in [5.74, 6) is -1.18. The first-order valence-corrected chi connectivity index (χ1v) is 5.10. The lowest BCUT2D eigenvalue weighted by Crippen LogP contribution is -2.02. The van der Waals surface area contributed by atoms with E-state index in [-0.39, 0.29) is 22.1 Å². The molecular weight excluding hydrogens is 262 g/mol. The van der Waals surface area contributed by atoms with E-state index in [9.17, 15) is 14.9 Å². The molecule has 0 atom stereocenters. The van der Waals surface area contributed by atoms with Crippen LogP contribution in [0.4, 0.5) is 5.69 Å². The highest BCUT2D eigenvalue weighted by Gasteiger charge is 2.13. The molecule has 1 aromatic heterocycles. The number of nitro groups is 1. The molecule has 18 heavy (non-hydrogen) atoms. The minimum atomic E-state index is -1.18. The third-order valence-corrected chi connectivity index (χ3v) is 2.52. The van der Waals surface area contributed by atoms with E-state index < -0.39 is 10.9 Å². The van der Waals surface area contributed by atoms with Gasteiger partial charge in [0.1, 0.15) is 0 Å². The largest absolute Gasteiger partial charge is 0.476 e. The fraction of sp³-hybridized carbons (Fsp3) is 0. The van der Waals surface area contributed by atoms with Crippen LogP contribution in [0.3, 0.4) is 0 Å². The summed E-state index contributed by atoms with van der Waals surface area (Å²) in [6, 6.07) is 5.11. The Bertz CT molecular complexity index is 638. The summed E-state index contributed by atoms with van der Waals surface area (Å²) in [6.45, 7) is 0. The van der Waals surface area contributed by atoms with Gasteiger partial charge < -0.3 is 5.11 Å². The maximum absolute atomic E-state index is 10.7. The second kappa shape index (κ2) is 4.46. The van der Waals surface area contributed by atoms with E-state index in [1.165, 1.54) is 35.1 Å². The number of rotatable bonds is 3. The molecule has 0 aliphatic heterocycles. The van der Waals surface area contributed by atoms with Crippen molar-refractivity contribution in [3.05, 3.63) is 51.3 Å². The lowest BCUT2D eigenvalue weighted by Gasteiger charge is -2.03. The van der Waals surface area contributed by atoms with Crippen molar-refractivity contribution in [1.82, 2.24) is 9.78 Å². The van der Waals surface area contributed by atoms with Crippen molar-refractivity contribution in [2.75, 3.05) is 0 Å². The van der Waals surface area contributed by atoms with Crippen molar-refractivity contribution in [3.8, 4) is 5.69 Å². The van der Waals surface area contributed by atoms with Crippen LogP contribution >= 0.6 is 11.6 Å². The minimum Gasteiger partial charge on any atom is -0.476 e. The van der Waals surface area contributed by atoms with Gasteiger partial charge in [-0.15, -0.1) is 0 Å². The van der Waals surface area contributed by atoms with Crippen LogP contribution in [0.15, 0.2) is 30.5 Å². The Morgan fingerprint density at radius 1 is 1.44 bits per heavy atom. The molecule has 0 unspecified atom stereocenters. The van der Waals surface area contributed by atoms with Gasteiger partial charge in [0.15, 0.2) is 5.69 Å². The van der Waals surface area contributed by atoms with Crippen molar-refractivity contribution in [1.29, 1.82) is 0 Å². The molecule has 2 aromatic rings. The number of nitrogens with zero attached hydrogens (tertiary/aromatic N) is 3. The van der Waals surface area contributed by atoms with Crippen molar-refractivity contribution in [2.24, 2.45) is 0 Å². The molecule has 1 heterocycles. The fourth-order valence-corrected chi connectivity index (χ4v) is 1.57. The van der Waals surface area contributed by atoms with E-state index in [4.69, 9.17) is 16.7 Å². The third kappa shape index (κ3) is 2.16. The van der Waals surface area contributed by atoms with E-state index in [2.05, 4.69) is 5.10 Å². The second-order valence-electron chi connectivity index (χ2n) is 3.34. The summed E-state index contributed by atoms with van der Waals surface area (Å²) in [6.07, 6.45) is 1.37. The molecule has 0 saturated heterocycles. The Morgan fingerprint density at radius 3 is 2.72 bits per heavy atom. The standard InChI is InChI=1S/C10H6ClN3O4/c11-7-2-1-6(14(17)18)5-9(7)13-4-3-8(12-13)10(15)16/h1-5H,(H,15,16). The zero-order valence-electron chi connectivity index (χ0n) is 8.78. The van der Waals surface area contributed by atoms with Crippen LogP contribution in [0.2, 0.25) is 5.02 Å². The van der Waals surface area contributed by atoms with Crippen LogP contribution < -0.4 is 0 Å². The first kappa shape index (κ1) is 12.1. The smallest absolute Gasteiger partial charge is 0.356 e. The number of benzene rings is 1. The van der Waals surface area contributed by atoms with Crippen molar-refractivity contribution >= 4 is 23.3 Å². The highest BCUT2D eigenvalue weighted by atomic mass is 35.5. The average molecular weight is 268 g/mol. The number of aromatic nitrogens is 2. The highest BCUT2D eigenvalue weighted by Crippen LogP contribution is 2.25. The zero-order chi connectivity index (χ0) is 13.3. The summed E-state index contributed by atoms with van der Waals surface area (Å²) in [5.41, 5.74) is -0.0716. The van der Waals surface area contributed by atoms with Gasteiger partial charge in [0.25, 0.3) is 5.69 Å². The quantitative estimate of drug-likeness (QED) is 0.678. The van der Waals surface area contributed by atoms with Crippen LogP contribution in [0, 0.1) is 10.1 Å². The molecule has 0 aliphatic carbocycles. The number of carboxylic acids is 1. The van der Waals surface area contributed by atoms with Gasteiger partial charge in [-0.05, 0) is 12.1 Å². The summed E-state index contributed by atoms with van der Waals surface area (Å²) >= 11 is 5.89. The topological polar surface area (TPSA) is 98.3 Å². The molecule has 1 N–H and O–H groups in total. The molecule has 0 spiro atoms. The molecule has 0 radical (unpaired) electrons. The van der Waals surface area contributed by atoms with Crippen LogP contribution in [0.5, 0.6) is 0 Å². The summed E-state index contributed by atoms with van der Waals surface area (Å²) < 4.78 is 1.18. The molecular formula is C10H6ClN3O4. The maximum Gasteiger partial charge on any atom is 0.356 e. The van der Waals surface area contributed by atoms with Gasteiger partial charge in [-0.2, -0.15) is 5.10 Å². The molecule has 0 aliphatic rings. The predicted octanol–water partition coefficient (Wildman–Crippen LogP) is 2.13. The van der Waals surface area contributed by atoms with Gasteiger partial charge in [0, 0.05) is 18.3 Å². The van der Waals surface area contributed by atoms with Crippen LogP contribution in [-0.2, 0) is 0 Å². The van der Waals surface area contributed by atoms with Gasteiger partial charge >= 0.3 is 5.97 Å². The molecule has 0 fully saturated rings. The first-order valence-electron chi connectivity index (χ1n) is 4.72. The number of carboxylic acid groups (broad SMARTS) is 1. The number of aromatic carboxylic acids is 1. The van der Waals surface area contributed by atoms with Crippen molar-refractivity contribution in [2.45, 2.75) is 0 Å².